The van der Waals surface area contributed by atoms with Crippen LogP contribution < -0.4 is 10.6 Å². The van der Waals surface area contributed by atoms with Gasteiger partial charge in [0, 0.05) is 12.6 Å². The second-order valence-corrected chi connectivity index (χ2v) is 8.76. The van der Waals surface area contributed by atoms with Crippen LogP contribution in [0.15, 0.2) is 29.4 Å². The topological polar surface area (TPSA) is 88.9 Å². The molecule has 1 fully saturated rings. The lowest BCUT2D eigenvalue weighted by Crippen LogP contribution is -2.40. The number of para-hydroxylation sites is 1. The van der Waals surface area contributed by atoms with E-state index in [2.05, 4.69) is 20.8 Å². The van der Waals surface area contributed by atoms with Crippen LogP contribution in [-0.2, 0) is 22.6 Å². The third-order valence-electron chi connectivity index (χ3n) is 5.18. The minimum atomic E-state index is -0.489. The fourth-order valence-corrected chi connectivity index (χ4v) is 4.47. The first-order valence-electron chi connectivity index (χ1n) is 10.4. The molecule has 0 aliphatic heterocycles. The minimum Gasteiger partial charge on any atom is -0.352 e. The number of rotatable bonds is 8. The van der Waals surface area contributed by atoms with Crippen molar-refractivity contribution in [2.45, 2.75) is 75.4 Å². The largest absolute Gasteiger partial charge is 0.352 e. The normalized spacial score (nSPS) is 15.6. The van der Waals surface area contributed by atoms with Crippen molar-refractivity contribution in [2.75, 3.05) is 5.32 Å². The smallest absolute Gasteiger partial charge is 0.233 e. The Labute approximate surface area is 180 Å². The molecule has 0 spiro atoms. The maximum atomic E-state index is 13.7. The van der Waals surface area contributed by atoms with Crippen LogP contribution in [0.2, 0.25) is 0 Å². The molecule has 2 N–H and O–H groups in total. The number of anilines is 1. The molecule has 0 radical (unpaired) electrons. The van der Waals surface area contributed by atoms with Gasteiger partial charge >= 0.3 is 0 Å². The van der Waals surface area contributed by atoms with E-state index >= 15 is 0 Å². The lowest BCUT2D eigenvalue weighted by molar-refractivity contribution is -0.121. The van der Waals surface area contributed by atoms with Crippen LogP contribution in [0.1, 0.15) is 51.8 Å². The first-order chi connectivity index (χ1) is 14.5. The quantitative estimate of drug-likeness (QED) is 0.622. The molecule has 2 amide bonds. The third kappa shape index (κ3) is 5.81. The van der Waals surface area contributed by atoms with Gasteiger partial charge in [-0.3, -0.25) is 9.59 Å². The van der Waals surface area contributed by atoms with Gasteiger partial charge in [-0.2, -0.15) is 0 Å². The SMILES string of the molecule is CCn1c(CC(=O)Nc2ccccc2F)nnc1S[C@H](C)C(=O)NC1CCCCC1. The molecule has 1 heterocycles. The van der Waals surface area contributed by atoms with Crippen molar-refractivity contribution < 1.29 is 14.0 Å². The van der Waals surface area contributed by atoms with Gasteiger partial charge in [-0.15, -0.1) is 10.2 Å². The summed E-state index contributed by atoms with van der Waals surface area (Å²) in [7, 11) is 0. The zero-order valence-corrected chi connectivity index (χ0v) is 18.2. The molecule has 1 saturated carbocycles. The second-order valence-electron chi connectivity index (χ2n) is 7.45. The zero-order valence-electron chi connectivity index (χ0n) is 17.4. The molecule has 1 aliphatic carbocycles. The Balaban J connectivity index is 1.59. The Hall–Kier alpha value is -2.42. The summed E-state index contributed by atoms with van der Waals surface area (Å²) in [4.78, 5) is 24.9. The Morgan fingerprint density at radius 2 is 1.97 bits per heavy atom. The average molecular weight is 434 g/mol. The molecule has 1 aromatic heterocycles. The lowest BCUT2D eigenvalue weighted by Gasteiger charge is -2.24. The highest BCUT2D eigenvalue weighted by Gasteiger charge is 2.23. The molecule has 30 heavy (non-hydrogen) atoms. The number of benzene rings is 1. The van der Waals surface area contributed by atoms with Gasteiger partial charge in [0.05, 0.1) is 17.4 Å². The summed E-state index contributed by atoms with van der Waals surface area (Å²) < 4.78 is 15.6. The van der Waals surface area contributed by atoms with Crippen molar-refractivity contribution in [1.82, 2.24) is 20.1 Å². The van der Waals surface area contributed by atoms with Crippen molar-refractivity contribution >= 4 is 29.3 Å². The van der Waals surface area contributed by atoms with Gasteiger partial charge in [-0.1, -0.05) is 43.2 Å². The van der Waals surface area contributed by atoms with Gasteiger partial charge in [0.2, 0.25) is 11.8 Å². The molecule has 0 unspecified atom stereocenters. The summed E-state index contributed by atoms with van der Waals surface area (Å²) in [5.74, 6) is -0.385. The molecule has 0 saturated heterocycles. The summed E-state index contributed by atoms with van der Waals surface area (Å²) >= 11 is 1.33. The molecule has 1 aromatic carbocycles. The molecule has 3 rings (SSSR count). The van der Waals surface area contributed by atoms with Gasteiger partial charge < -0.3 is 15.2 Å². The highest BCUT2D eigenvalue weighted by Crippen LogP contribution is 2.24. The Kier molecular flexibility index (Phi) is 7.84. The van der Waals surface area contributed by atoms with E-state index in [1.165, 1.54) is 30.3 Å². The Morgan fingerprint density at radius 3 is 2.67 bits per heavy atom. The molecule has 7 nitrogen and oxygen atoms in total. The van der Waals surface area contributed by atoms with Crippen LogP contribution in [-0.4, -0.2) is 37.9 Å². The van der Waals surface area contributed by atoms with Gasteiger partial charge in [0.25, 0.3) is 0 Å². The second kappa shape index (κ2) is 10.6. The molecular formula is C21H28FN5O2S. The molecule has 162 valence electrons. The van der Waals surface area contributed by atoms with Crippen LogP contribution in [0.3, 0.4) is 0 Å². The zero-order chi connectivity index (χ0) is 21.5. The van der Waals surface area contributed by atoms with E-state index in [0.717, 1.165) is 25.7 Å². The maximum absolute atomic E-state index is 13.7. The van der Waals surface area contributed by atoms with Crippen LogP contribution >= 0.6 is 11.8 Å². The standard InChI is InChI=1S/C21H28FN5O2S/c1-3-27-18(13-19(28)24-17-12-8-7-11-16(17)22)25-26-21(27)30-14(2)20(29)23-15-9-5-4-6-10-15/h7-8,11-12,14-15H,3-6,9-10,13H2,1-2H3,(H,23,29)(H,24,28)/t14-/m1/s1. The van der Waals surface area contributed by atoms with Crippen molar-refractivity contribution in [2.24, 2.45) is 0 Å². The number of nitrogens with zero attached hydrogens (tertiary/aromatic N) is 3. The van der Waals surface area contributed by atoms with E-state index in [1.807, 2.05) is 18.4 Å². The van der Waals surface area contributed by atoms with Crippen molar-refractivity contribution in [1.29, 1.82) is 0 Å². The van der Waals surface area contributed by atoms with Gasteiger partial charge in [-0.25, -0.2) is 4.39 Å². The number of carbonyl (C=O) groups is 2. The van der Waals surface area contributed by atoms with Gasteiger partial charge in [0.1, 0.15) is 11.6 Å². The van der Waals surface area contributed by atoms with Crippen LogP contribution in [0, 0.1) is 5.82 Å². The molecule has 2 aromatic rings. The first kappa shape index (κ1) is 22.3. The fraction of sp³-hybridized carbons (Fsp3) is 0.524. The fourth-order valence-electron chi connectivity index (χ4n) is 3.53. The highest BCUT2D eigenvalue weighted by molar-refractivity contribution is 8.00. The number of amides is 2. The van der Waals surface area contributed by atoms with Gasteiger partial charge in [-0.05, 0) is 38.8 Å². The van der Waals surface area contributed by atoms with E-state index in [9.17, 15) is 14.0 Å². The number of thioether (sulfide) groups is 1. The average Bonchev–Trinajstić information content (AvgIpc) is 3.11. The summed E-state index contributed by atoms with van der Waals surface area (Å²) in [5.41, 5.74) is 0.132. The number of hydrogen-bond acceptors (Lipinski definition) is 5. The number of carbonyl (C=O) groups excluding carboxylic acids is 2. The predicted molar refractivity (Wildman–Crippen MR) is 115 cm³/mol. The van der Waals surface area contributed by atoms with Crippen LogP contribution in [0.25, 0.3) is 0 Å². The van der Waals surface area contributed by atoms with Crippen molar-refractivity contribution in [3.63, 3.8) is 0 Å². The molecule has 1 atom stereocenters. The van der Waals surface area contributed by atoms with E-state index in [0.29, 0.717) is 17.5 Å². The third-order valence-corrected chi connectivity index (χ3v) is 6.26. The summed E-state index contributed by atoms with van der Waals surface area (Å²) in [6.07, 6.45) is 5.61. The Morgan fingerprint density at radius 1 is 1.23 bits per heavy atom. The van der Waals surface area contributed by atoms with E-state index < -0.39 is 5.82 Å². The molecule has 1 aliphatic rings. The number of hydrogen-bond donors (Lipinski definition) is 2. The number of aromatic nitrogens is 3. The minimum absolute atomic E-state index is 0.00333. The summed E-state index contributed by atoms with van der Waals surface area (Å²) in [5, 5.41) is 14.3. The number of halogens is 1. The lowest BCUT2D eigenvalue weighted by atomic mass is 9.95. The highest BCUT2D eigenvalue weighted by atomic mass is 32.2. The first-order valence-corrected chi connectivity index (χ1v) is 11.3. The molecular weight excluding hydrogens is 405 g/mol. The van der Waals surface area contributed by atoms with E-state index in [4.69, 9.17) is 0 Å². The van der Waals surface area contributed by atoms with Crippen molar-refractivity contribution in [3.05, 3.63) is 35.9 Å². The monoisotopic (exact) mass is 433 g/mol. The van der Waals surface area contributed by atoms with Crippen molar-refractivity contribution in [3.8, 4) is 0 Å². The predicted octanol–water partition coefficient (Wildman–Crippen LogP) is 3.55. The summed E-state index contributed by atoms with van der Waals surface area (Å²) in [6.45, 7) is 4.34. The summed E-state index contributed by atoms with van der Waals surface area (Å²) in [6, 6.07) is 6.27. The molecule has 0 bridgehead atoms. The molecule has 9 heteroatoms. The number of nitrogens with one attached hydrogen (secondary N) is 2. The van der Waals surface area contributed by atoms with Crippen LogP contribution in [0.5, 0.6) is 0 Å². The van der Waals surface area contributed by atoms with Gasteiger partial charge in [0.15, 0.2) is 5.16 Å². The maximum Gasteiger partial charge on any atom is 0.233 e. The Bertz CT molecular complexity index is 882. The van der Waals surface area contributed by atoms with E-state index in [-0.39, 0.29) is 35.2 Å². The van der Waals surface area contributed by atoms with E-state index in [1.54, 1.807) is 12.1 Å². The van der Waals surface area contributed by atoms with Crippen LogP contribution in [0.4, 0.5) is 10.1 Å².